The Morgan fingerprint density at radius 1 is 1.15 bits per heavy atom. The molecular formula is C19H24F2N2O3. The number of rotatable bonds is 1. The van der Waals surface area contributed by atoms with E-state index >= 15 is 0 Å². The Kier molecular flexibility index (Phi) is 6.19. The van der Waals surface area contributed by atoms with Gasteiger partial charge in [-0.15, -0.1) is 0 Å². The van der Waals surface area contributed by atoms with Gasteiger partial charge in [0.25, 0.3) is 5.91 Å². The lowest BCUT2D eigenvalue weighted by atomic mass is 9.82. The number of benzene rings is 1. The molecule has 26 heavy (non-hydrogen) atoms. The summed E-state index contributed by atoms with van der Waals surface area (Å²) in [6.45, 7) is 1.72. The van der Waals surface area contributed by atoms with E-state index in [0.717, 1.165) is 18.9 Å². The first kappa shape index (κ1) is 18.8. The van der Waals surface area contributed by atoms with Gasteiger partial charge in [-0.25, -0.2) is 8.78 Å². The summed E-state index contributed by atoms with van der Waals surface area (Å²) in [4.78, 5) is 27.2. The molecule has 0 unspecified atom stereocenters. The fourth-order valence-corrected chi connectivity index (χ4v) is 3.84. The molecular weight excluding hydrogens is 342 g/mol. The summed E-state index contributed by atoms with van der Waals surface area (Å²) < 4.78 is 32.8. The summed E-state index contributed by atoms with van der Waals surface area (Å²) >= 11 is 0. The molecule has 2 amide bonds. The number of hydrogen-bond donors (Lipinski definition) is 1. The highest BCUT2D eigenvalue weighted by atomic mass is 19.1. The molecule has 0 aromatic heterocycles. The van der Waals surface area contributed by atoms with Gasteiger partial charge in [0, 0.05) is 31.8 Å². The lowest BCUT2D eigenvalue weighted by Crippen LogP contribution is -2.51. The van der Waals surface area contributed by atoms with Crippen LogP contribution < -0.4 is 5.32 Å². The second kappa shape index (κ2) is 8.58. The van der Waals surface area contributed by atoms with Crippen LogP contribution in [-0.4, -0.2) is 49.1 Å². The number of carbonyl (C=O) groups excluding carboxylic acids is 2. The molecule has 3 rings (SSSR count). The molecule has 1 N–H and O–H groups in total. The molecule has 2 fully saturated rings. The maximum absolute atomic E-state index is 14.2. The van der Waals surface area contributed by atoms with Crippen LogP contribution in [0.3, 0.4) is 0 Å². The third-order valence-electron chi connectivity index (χ3n) is 5.12. The van der Waals surface area contributed by atoms with Gasteiger partial charge in [-0.2, -0.15) is 0 Å². The van der Waals surface area contributed by atoms with Gasteiger partial charge in [-0.05, 0) is 31.4 Å². The van der Waals surface area contributed by atoms with Crippen LogP contribution >= 0.6 is 0 Å². The molecule has 2 atom stereocenters. The van der Waals surface area contributed by atoms with Crippen molar-refractivity contribution >= 4 is 11.8 Å². The lowest BCUT2D eigenvalue weighted by Gasteiger charge is -2.39. The van der Waals surface area contributed by atoms with Gasteiger partial charge >= 0.3 is 0 Å². The van der Waals surface area contributed by atoms with E-state index in [1.54, 1.807) is 4.90 Å². The molecule has 1 heterocycles. The van der Waals surface area contributed by atoms with Gasteiger partial charge in [0.2, 0.25) is 5.91 Å². The number of ether oxygens (including phenoxy) is 1. The third kappa shape index (κ3) is 4.20. The first-order valence-corrected chi connectivity index (χ1v) is 9.19. The van der Waals surface area contributed by atoms with Crippen molar-refractivity contribution in [2.24, 2.45) is 5.92 Å². The van der Waals surface area contributed by atoms with Gasteiger partial charge in [-0.3, -0.25) is 9.59 Å². The van der Waals surface area contributed by atoms with Crippen molar-refractivity contribution in [2.45, 2.75) is 38.1 Å². The van der Waals surface area contributed by atoms with Crippen LogP contribution in [0.25, 0.3) is 0 Å². The van der Waals surface area contributed by atoms with Crippen LogP contribution in [0.2, 0.25) is 0 Å². The van der Waals surface area contributed by atoms with Gasteiger partial charge in [-0.1, -0.05) is 12.8 Å². The summed E-state index contributed by atoms with van der Waals surface area (Å²) in [6.07, 6.45) is 3.85. The summed E-state index contributed by atoms with van der Waals surface area (Å²) in [6, 6.07) is 2.69. The van der Waals surface area contributed by atoms with E-state index in [9.17, 15) is 18.4 Å². The highest BCUT2D eigenvalue weighted by molar-refractivity contribution is 5.95. The number of nitrogens with zero attached hydrogens (tertiary/aromatic N) is 1. The summed E-state index contributed by atoms with van der Waals surface area (Å²) in [5, 5.41) is 2.87. The maximum Gasteiger partial charge on any atom is 0.257 e. The van der Waals surface area contributed by atoms with Gasteiger partial charge < -0.3 is 15.0 Å². The molecule has 0 bridgehead atoms. The molecule has 1 aliphatic heterocycles. The molecule has 0 spiro atoms. The highest BCUT2D eigenvalue weighted by Crippen LogP contribution is 2.30. The number of hydrogen-bond acceptors (Lipinski definition) is 3. The second-order valence-corrected chi connectivity index (χ2v) is 6.84. The monoisotopic (exact) mass is 366 g/mol. The largest absolute Gasteiger partial charge is 0.380 e. The Bertz CT molecular complexity index is 668. The lowest BCUT2D eigenvalue weighted by molar-refractivity contribution is -0.128. The molecule has 1 aromatic carbocycles. The van der Waals surface area contributed by atoms with Crippen molar-refractivity contribution in [2.75, 3.05) is 26.3 Å². The standard InChI is InChI=1S/C19H24F2N2O3/c20-13-6-7-14(16(21)12-13)19(25)23-9-3-10-26-11-8-22-18(24)15-4-1-2-5-17(15)23/h6-7,12,15,17H,1-5,8-11H2,(H,22,24)/t15-,17+/m1/s1. The smallest absolute Gasteiger partial charge is 0.257 e. The topological polar surface area (TPSA) is 58.6 Å². The van der Waals surface area contributed by atoms with Crippen LogP contribution in [0.5, 0.6) is 0 Å². The summed E-state index contributed by atoms with van der Waals surface area (Å²) in [5.74, 6) is -2.49. The average molecular weight is 366 g/mol. The van der Waals surface area contributed by atoms with Crippen molar-refractivity contribution in [3.63, 3.8) is 0 Å². The zero-order chi connectivity index (χ0) is 18.5. The molecule has 142 valence electrons. The van der Waals surface area contributed by atoms with Gasteiger partial charge in [0.15, 0.2) is 0 Å². The Balaban J connectivity index is 1.90. The minimum absolute atomic E-state index is 0.0856. The predicted octanol–water partition coefficient (Wildman–Crippen LogP) is 2.50. The van der Waals surface area contributed by atoms with Crippen LogP contribution in [0.4, 0.5) is 8.78 Å². The number of nitrogens with one attached hydrogen (secondary N) is 1. The minimum atomic E-state index is -0.877. The first-order chi connectivity index (χ1) is 12.6. The van der Waals surface area contributed by atoms with Crippen LogP contribution in [-0.2, 0) is 9.53 Å². The summed E-state index contributed by atoms with van der Waals surface area (Å²) in [5.41, 5.74) is -0.160. The summed E-state index contributed by atoms with van der Waals surface area (Å²) in [7, 11) is 0. The number of carbonyl (C=O) groups is 2. The van der Waals surface area contributed by atoms with E-state index < -0.39 is 17.5 Å². The van der Waals surface area contributed by atoms with Crippen molar-refractivity contribution in [1.82, 2.24) is 10.2 Å². The van der Waals surface area contributed by atoms with E-state index in [2.05, 4.69) is 5.32 Å². The molecule has 5 nitrogen and oxygen atoms in total. The molecule has 0 radical (unpaired) electrons. The van der Waals surface area contributed by atoms with Gasteiger partial charge in [0.1, 0.15) is 11.6 Å². The number of amides is 2. The zero-order valence-electron chi connectivity index (χ0n) is 14.7. The molecule has 2 aliphatic rings. The number of fused-ring (bicyclic) bond motifs is 1. The van der Waals surface area contributed by atoms with Gasteiger partial charge in [0.05, 0.1) is 18.1 Å². The van der Waals surface area contributed by atoms with Crippen molar-refractivity contribution in [1.29, 1.82) is 0 Å². The van der Waals surface area contributed by atoms with Crippen molar-refractivity contribution < 1.29 is 23.1 Å². The third-order valence-corrected chi connectivity index (χ3v) is 5.12. The zero-order valence-corrected chi connectivity index (χ0v) is 14.7. The quantitative estimate of drug-likeness (QED) is 0.831. The average Bonchev–Trinajstić information content (AvgIpc) is 2.66. The Hall–Kier alpha value is -2.02. The Morgan fingerprint density at radius 2 is 1.96 bits per heavy atom. The van der Waals surface area contributed by atoms with E-state index in [0.29, 0.717) is 51.6 Å². The van der Waals surface area contributed by atoms with E-state index in [-0.39, 0.29) is 23.4 Å². The van der Waals surface area contributed by atoms with Crippen LogP contribution in [0.15, 0.2) is 18.2 Å². The van der Waals surface area contributed by atoms with Crippen LogP contribution in [0.1, 0.15) is 42.5 Å². The van der Waals surface area contributed by atoms with Crippen molar-refractivity contribution in [3.05, 3.63) is 35.4 Å². The fraction of sp³-hybridized carbons (Fsp3) is 0.579. The molecule has 1 saturated carbocycles. The maximum atomic E-state index is 14.2. The van der Waals surface area contributed by atoms with E-state index in [1.165, 1.54) is 6.07 Å². The van der Waals surface area contributed by atoms with Crippen molar-refractivity contribution in [3.8, 4) is 0 Å². The van der Waals surface area contributed by atoms with Crippen LogP contribution in [0, 0.1) is 17.6 Å². The molecule has 1 saturated heterocycles. The highest BCUT2D eigenvalue weighted by Gasteiger charge is 2.37. The number of halogens is 2. The van der Waals surface area contributed by atoms with E-state index in [4.69, 9.17) is 4.74 Å². The second-order valence-electron chi connectivity index (χ2n) is 6.84. The molecule has 7 heteroatoms. The first-order valence-electron chi connectivity index (χ1n) is 9.19. The normalized spacial score (nSPS) is 25.0. The predicted molar refractivity (Wildman–Crippen MR) is 91.6 cm³/mol. The fourth-order valence-electron chi connectivity index (χ4n) is 3.84. The minimum Gasteiger partial charge on any atom is -0.380 e. The molecule has 1 aromatic rings. The Labute approximate surface area is 151 Å². The SMILES string of the molecule is O=C1NCCOCCCN(C(=O)c2ccc(F)cc2F)[C@H]2CCCC[C@@H]12. The van der Waals surface area contributed by atoms with E-state index in [1.807, 2.05) is 0 Å². The Morgan fingerprint density at radius 3 is 2.77 bits per heavy atom. The molecule has 1 aliphatic carbocycles.